The van der Waals surface area contributed by atoms with Gasteiger partial charge in [-0.05, 0) is 52.5 Å². The summed E-state index contributed by atoms with van der Waals surface area (Å²) in [4.78, 5) is 16.3. The normalized spacial score (nSPS) is 20.4. The lowest BCUT2D eigenvalue weighted by Crippen LogP contribution is -2.48. The highest BCUT2D eigenvalue weighted by Crippen LogP contribution is 2.39. The number of benzene rings is 2. The summed E-state index contributed by atoms with van der Waals surface area (Å²) in [5, 5.41) is 0. The average Bonchev–Trinajstić information content (AvgIpc) is 3.03. The third kappa shape index (κ3) is 4.06. The monoisotopic (exact) mass is 491 g/mol. The largest absolute Gasteiger partial charge is 0.309 e. The van der Waals surface area contributed by atoms with Gasteiger partial charge < -0.3 is 4.90 Å². The van der Waals surface area contributed by atoms with E-state index in [9.17, 15) is 13.2 Å². The fraction of sp³-hybridized carbons (Fsp3) is 0.409. The molecule has 1 fully saturated rings. The summed E-state index contributed by atoms with van der Waals surface area (Å²) >= 11 is 3.47. The van der Waals surface area contributed by atoms with Gasteiger partial charge in [-0.3, -0.25) is 9.69 Å². The van der Waals surface area contributed by atoms with Crippen LogP contribution in [0.15, 0.2) is 51.8 Å². The quantitative estimate of drug-likeness (QED) is 0.658. The maximum atomic E-state index is 13.4. The highest BCUT2D eigenvalue weighted by Gasteiger charge is 2.35. The molecule has 0 radical (unpaired) electrons. The molecular weight excluding hydrogens is 466 g/mol. The van der Waals surface area contributed by atoms with Crippen molar-refractivity contribution in [3.8, 4) is 0 Å². The topological polar surface area (TPSA) is 60.9 Å². The summed E-state index contributed by atoms with van der Waals surface area (Å²) in [6.07, 6.45) is 0.728. The molecule has 2 aliphatic heterocycles. The number of nitrogens with zero attached hydrogens (tertiary/aromatic N) is 3. The maximum Gasteiger partial charge on any atom is 0.244 e. The predicted molar refractivity (Wildman–Crippen MR) is 121 cm³/mol. The highest BCUT2D eigenvalue weighted by atomic mass is 79.9. The molecule has 2 aromatic rings. The molecule has 1 amide bonds. The molecule has 4 rings (SSSR count). The van der Waals surface area contributed by atoms with Crippen LogP contribution in [0, 0.1) is 0 Å². The van der Waals surface area contributed by atoms with Crippen molar-refractivity contribution < 1.29 is 13.2 Å². The Labute approximate surface area is 186 Å². The van der Waals surface area contributed by atoms with Crippen LogP contribution in [0.3, 0.4) is 0 Å². The minimum Gasteiger partial charge on any atom is -0.309 e. The minimum absolute atomic E-state index is 0.0314. The van der Waals surface area contributed by atoms with Crippen molar-refractivity contribution in [2.45, 2.75) is 37.8 Å². The number of halogens is 1. The number of piperazine rings is 1. The SMILES string of the molecule is CC(=O)N1c2cc(S(=O)(=O)N3CCN(Cc4ccccc4)CC3)c(Br)cc2C[C@@H]1C. The van der Waals surface area contributed by atoms with Crippen LogP contribution >= 0.6 is 15.9 Å². The van der Waals surface area contributed by atoms with Gasteiger partial charge in [0.2, 0.25) is 15.9 Å². The molecule has 2 heterocycles. The third-order valence-electron chi connectivity index (χ3n) is 5.89. The highest BCUT2D eigenvalue weighted by molar-refractivity contribution is 9.10. The first-order valence-corrected chi connectivity index (χ1v) is 12.4. The Morgan fingerprint density at radius 2 is 1.77 bits per heavy atom. The second kappa shape index (κ2) is 8.42. The molecule has 1 saturated heterocycles. The van der Waals surface area contributed by atoms with Gasteiger partial charge in [0.15, 0.2) is 0 Å². The van der Waals surface area contributed by atoms with E-state index in [4.69, 9.17) is 0 Å². The van der Waals surface area contributed by atoms with E-state index < -0.39 is 10.0 Å². The summed E-state index contributed by atoms with van der Waals surface area (Å²) in [6, 6.07) is 13.8. The van der Waals surface area contributed by atoms with Crippen LogP contribution in [0.4, 0.5) is 5.69 Å². The molecule has 160 valence electrons. The number of carbonyl (C=O) groups excluding carboxylic acids is 1. The number of carbonyl (C=O) groups is 1. The van der Waals surface area contributed by atoms with Gasteiger partial charge in [0, 0.05) is 55.8 Å². The molecule has 2 aromatic carbocycles. The molecule has 0 aromatic heterocycles. The molecule has 0 N–H and O–H groups in total. The Morgan fingerprint density at radius 1 is 1.10 bits per heavy atom. The van der Waals surface area contributed by atoms with Crippen LogP contribution in [-0.4, -0.2) is 55.8 Å². The molecule has 0 unspecified atom stereocenters. The van der Waals surface area contributed by atoms with Gasteiger partial charge in [0.1, 0.15) is 0 Å². The zero-order chi connectivity index (χ0) is 21.5. The molecule has 0 aliphatic carbocycles. The first-order chi connectivity index (χ1) is 14.3. The minimum atomic E-state index is -3.66. The van der Waals surface area contributed by atoms with E-state index in [2.05, 4.69) is 33.0 Å². The number of anilines is 1. The molecule has 0 spiro atoms. The summed E-state index contributed by atoms with van der Waals surface area (Å²) < 4.78 is 28.9. The third-order valence-corrected chi connectivity index (χ3v) is 8.74. The van der Waals surface area contributed by atoms with Crippen molar-refractivity contribution in [3.63, 3.8) is 0 Å². The lowest BCUT2D eigenvalue weighted by molar-refractivity contribution is -0.116. The Balaban J connectivity index is 1.53. The predicted octanol–water partition coefficient (Wildman–Crippen LogP) is 3.25. The number of sulfonamides is 1. The van der Waals surface area contributed by atoms with Crippen LogP contribution in [0.5, 0.6) is 0 Å². The van der Waals surface area contributed by atoms with Gasteiger partial charge in [-0.15, -0.1) is 0 Å². The molecule has 0 saturated carbocycles. The number of hydrogen-bond donors (Lipinski definition) is 0. The maximum absolute atomic E-state index is 13.4. The van der Waals surface area contributed by atoms with E-state index in [1.54, 1.807) is 15.3 Å². The van der Waals surface area contributed by atoms with Crippen molar-refractivity contribution in [2.75, 3.05) is 31.1 Å². The fourth-order valence-electron chi connectivity index (χ4n) is 4.40. The summed E-state index contributed by atoms with van der Waals surface area (Å²) in [6.45, 7) is 6.60. The number of rotatable bonds is 4. The van der Waals surface area contributed by atoms with Crippen molar-refractivity contribution in [2.24, 2.45) is 0 Å². The van der Waals surface area contributed by atoms with Crippen LogP contribution in [0.1, 0.15) is 25.0 Å². The number of fused-ring (bicyclic) bond motifs is 1. The first kappa shape index (κ1) is 21.5. The lowest BCUT2D eigenvalue weighted by atomic mass is 10.1. The standard InChI is InChI=1S/C22H26BrN3O3S/c1-16-12-19-13-20(23)22(14-21(19)26(16)17(2)27)30(28,29)25-10-8-24(9-11-25)15-18-6-4-3-5-7-18/h3-7,13-14,16H,8-12,15H2,1-2H3/t16-/m0/s1. The summed E-state index contributed by atoms with van der Waals surface area (Å²) in [5.41, 5.74) is 2.93. The second-order valence-corrected chi connectivity index (χ2v) is 10.8. The fourth-order valence-corrected chi connectivity index (χ4v) is 6.90. The summed E-state index contributed by atoms with van der Waals surface area (Å²) in [7, 11) is -3.66. The second-order valence-electron chi connectivity index (χ2n) is 8.02. The average molecular weight is 492 g/mol. The molecule has 8 heteroatoms. The molecule has 2 aliphatic rings. The van der Waals surface area contributed by atoms with E-state index in [0.717, 1.165) is 18.5 Å². The van der Waals surface area contributed by atoms with E-state index in [-0.39, 0.29) is 16.8 Å². The van der Waals surface area contributed by atoms with Crippen molar-refractivity contribution >= 4 is 37.5 Å². The number of hydrogen-bond acceptors (Lipinski definition) is 4. The Morgan fingerprint density at radius 3 is 2.40 bits per heavy atom. The van der Waals surface area contributed by atoms with Crippen LogP contribution in [0.2, 0.25) is 0 Å². The van der Waals surface area contributed by atoms with E-state index >= 15 is 0 Å². The van der Waals surface area contributed by atoms with Gasteiger partial charge in [-0.25, -0.2) is 8.42 Å². The molecular formula is C22H26BrN3O3S. The van der Waals surface area contributed by atoms with Gasteiger partial charge in [0.25, 0.3) is 0 Å². The van der Waals surface area contributed by atoms with E-state index in [1.807, 2.05) is 31.2 Å². The Bertz CT molecular complexity index is 1050. The van der Waals surface area contributed by atoms with Gasteiger partial charge >= 0.3 is 0 Å². The molecule has 30 heavy (non-hydrogen) atoms. The number of amides is 1. The zero-order valence-corrected chi connectivity index (χ0v) is 19.6. The van der Waals surface area contributed by atoms with Crippen molar-refractivity contribution in [1.29, 1.82) is 0 Å². The van der Waals surface area contributed by atoms with E-state index in [1.165, 1.54) is 12.5 Å². The van der Waals surface area contributed by atoms with Gasteiger partial charge in [0.05, 0.1) is 4.90 Å². The van der Waals surface area contributed by atoms with Crippen LogP contribution < -0.4 is 4.90 Å². The van der Waals surface area contributed by atoms with Crippen molar-refractivity contribution in [3.05, 3.63) is 58.1 Å². The van der Waals surface area contributed by atoms with Gasteiger partial charge in [-0.1, -0.05) is 30.3 Å². The smallest absolute Gasteiger partial charge is 0.244 e. The zero-order valence-electron chi connectivity index (χ0n) is 17.2. The first-order valence-electron chi connectivity index (χ1n) is 10.2. The van der Waals surface area contributed by atoms with Crippen LogP contribution in [0.25, 0.3) is 0 Å². The van der Waals surface area contributed by atoms with Crippen LogP contribution in [-0.2, 0) is 27.8 Å². The van der Waals surface area contributed by atoms with Crippen molar-refractivity contribution in [1.82, 2.24) is 9.21 Å². The van der Waals surface area contributed by atoms with E-state index in [0.29, 0.717) is 36.3 Å². The molecule has 0 bridgehead atoms. The Hall–Kier alpha value is -1.74. The lowest BCUT2D eigenvalue weighted by Gasteiger charge is -2.34. The summed E-state index contributed by atoms with van der Waals surface area (Å²) in [5.74, 6) is -0.0681. The molecule has 6 nitrogen and oxygen atoms in total. The van der Waals surface area contributed by atoms with Gasteiger partial charge in [-0.2, -0.15) is 4.31 Å². The molecule has 1 atom stereocenters. The Kier molecular flexibility index (Phi) is 6.03.